The van der Waals surface area contributed by atoms with Crippen LogP contribution in [0.2, 0.25) is 0 Å². The molecule has 0 saturated carbocycles. The van der Waals surface area contributed by atoms with Crippen molar-refractivity contribution in [1.82, 2.24) is 9.13 Å². The minimum absolute atomic E-state index is 0.912. The Balaban J connectivity index is 1.24. The van der Waals surface area contributed by atoms with Gasteiger partial charge in [-0.2, -0.15) is 0 Å². The van der Waals surface area contributed by atoms with E-state index in [1.165, 1.54) is 65.4 Å². The molecule has 0 atom stereocenters. The van der Waals surface area contributed by atoms with Gasteiger partial charge >= 0.3 is 0 Å². The van der Waals surface area contributed by atoms with Crippen molar-refractivity contribution in [3.63, 3.8) is 0 Å². The minimum atomic E-state index is 0.912. The van der Waals surface area contributed by atoms with E-state index in [0.29, 0.717) is 0 Å². The summed E-state index contributed by atoms with van der Waals surface area (Å²) in [5, 5.41) is 10.8. The van der Waals surface area contributed by atoms with Crippen molar-refractivity contribution in [2.45, 2.75) is 0 Å². The van der Waals surface area contributed by atoms with Crippen LogP contribution in [0.25, 0.3) is 98.7 Å². The van der Waals surface area contributed by atoms with Gasteiger partial charge in [0.1, 0.15) is 11.2 Å². The molecular formula is C46H28N2O. The summed E-state index contributed by atoms with van der Waals surface area (Å²) < 4.78 is 11.1. The first-order valence-electron chi connectivity index (χ1n) is 16.8. The number of aromatic nitrogens is 2. The molecule has 0 aliphatic carbocycles. The fourth-order valence-corrected chi connectivity index (χ4v) is 8.05. The Morgan fingerprint density at radius 2 is 1.10 bits per heavy atom. The van der Waals surface area contributed by atoms with E-state index in [1.807, 2.05) is 6.07 Å². The monoisotopic (exact) mass is 624 g/mol. The van der Waals surface area contributed by atoms with Gasteiger partial charge in [0.2, 0.25) is 0 Å². The zero-order chi connectivity index (χ0) is 32.1. The molecule has 49 heavy (non-hydrogen) atoms. The molecule has 11 rings (SSSR count). The van der Waals surface area contributed by atoms with E-state index < -0.39 is 0 Å². The summed E-state index contributed by atoms with van der Waals surface area (Å²) >= 11 is 0. The van der Waals surface area contributed by atoms with Crippen molar-refractivity contribution in [2.24, 2.45) is 0 Å². The van der Waals surface area contributed by atoms with Gasteiger partial charge in [0, 0.05) is 44.5 Å². The van der Waals surface area contributed by atoms with Crippen LogP contribution in [0, 0.1) is 0 Å². The Morgan fingerprint density at radius 3 is 1.96 bits per heavy atom. The Labute approximate surface area is 281 Å². The first kappa shape index (κ1) is 26.5. The van der Waals surface area contributed by atoms with Crippen LogP contribution in [0.1, 0.15) is 0 Å². The molecule has 0 saturated heterocycles. The van der Waals surface area contributed by atoms with Gasteiger partial charge in [-0.15, -0.1) is 0 Å². The highest BCUT2D eigenvalue weighted by molar-refractivity contribution is 6.22. The van der Waals surface area contributed by atoms with Crippen LogP contribution in [0.3, 0.4) is 0 Å². The zero-order valence-electron chi connectivity index (χ0n) is 26.5. The van der Waals surface area contributed by atoms with Crippen molar-refractivity contribution >= 4 is 76.2 Å². The van der Waals surface area contributed by atoms with E-state index in [1.54, 1.807) is 0 Å². The molecule has 0 aliphatic rings. The number of furan rings is 1. The molecule has 0 aliphatic heterocycles. The van der Waals surface area contributed by atoms with Gasteiger partial charge in [0.05, 0.1) is 16.6 Å². The highest BCUT2D eigenvalue weighted by atomic mass is 16.3. The third-order valence-electron chi connectivity index (χ3n) is 10.3. The normalized spacial score (nSPS) is 12.1. The number of para-hydroxylation sites is 4. The zero-order valence-corrected chi connectivity index (χ0v) is 26.5. The van der Waals surface area contributed by atoms with Gasteiger partial charge in [-0.3, -0.25) is 0 Å². The molecule has 228 valence electrons. The van der Waals surface area contributed by atoms with Crippen LogP contribution in [-0.2, 0) is 0 Å². The largest absolute Gasteiger partial charge is 0.456 e. The topological polar surface area (TPSA) is 23.0 Å². The van der Waals surface area contributed by atoms with Gasteiger partial charge in [-0.1, -0.05) is 78.9 Å². The first-order valence-corrected chi connectivity index (χ1v) is 16.8. The van der Waals surface area contributed by atoms with Crippen LogP contribution >= 0.6 is 0 Å². The Bertz CT molecular complexity index is 3090. The Hall–Kier alpha value is -6.58. The lowest BCUT2D eigenvalue weighted by molar-refractivity contribution is 0.669. The summed E-state index contributed by atoms with van der Waals surface area (Å²) in [6.07, 6.45) is 2.18. The van der Waals surface area contributed by atoms with Gasteiger partial charge in [0.15, 0.2) is 0 Å². The highest BCUT2D eigenvalue weighted by Crippen LogP contribution is 2.43. The predicted molar refractivity (Wildman–Crippen MR) is 205 cm³/mol. The fraction of sp³-hybridized carbons (Fsp3) is 0. The van der Waals surface area contributed by atoms with E-state index in [4.69, 9.17) is 4.42 Å². The van der Waals surface area contributed by atoms with Gasteiger partial charge in [-0.05, 0) is 118 Å². The molecule has 3 nitrogen and oxygen atoms in total. The lowest BCUT2D eigenvalue weighted by Crippen LogP contribution is -1.93. The number of benzene rings is 8. The maximum Gasteiger partial charge on any atom is 0.136 e. The van der Waals surface area contributed by atoms with Crippen molar-refractivity contribution in [1.29, 1.82) is 0 Å². The van der Waals surface area contributed by atoms with E-state index in [9.17, 15) is 0 Å². The molecule has 0 radical (unpaired) electrons. The summed E-state index contributed by atoms with van der Waals surface area (Å²) in [7, 11) is 0. The second-order valence-corrected chi connectivity index (χ2v) is 13.0. The van der Waals surface area contributed by atoms with Crippen LogP contribution in [-0.4, -0.2) is 9.13 Å². The first-order chi connectivity index (χ1) is 24.3. The molecule has 3 heteroatoms. The lowest BCUT2D eigenvalue weighted by Gasteiger charge is -2.14. The molecule has 0 spiro atoms. The molecule has 0 fully saturated rings. The summed E-state index contributed by atoms with van der Waals surface area (Å²) in [5.74, 6) is 0. The predicted octanol–water partition coefficient (Wildman–Crippen LogP) is 12.6. The maximum absolute atomic E-state index is 6.45. The van der Waals surface area contributed by atoms with E-state index in [0.717, 1.165) is 33.3 Å². The van der Waals surface area contributed by atoms with Crippen molar-refractivity contribution in [3.8, 4) is 22.5 Å². The number of hydrogen-bond donors (Lipinski definition) is 0. The molecule has 8 aromatic carbocycles. The van der Waals surface area contributed by atoms with Crippen molar-refractivity contribution in [2.75, 3.05) is 0 Å². The SMILES string of the molecule is c1ccc(-n2ccc3cc4c(cc(-c5ccc6c(c5)c5ccccc5n6-c5ccccc5)c5cc6c(cc54)oc4ccccc46)cc32)cc1. The number of rotatable bonds is 3. The summed E-state index contributed by atoms with van der Waals surface area (Å²) in [5.41, 5.74) is 10.2. The third kappa shape index (κ3) is 3.84. The third-order valence-corrected chi connectivity index (χ3v) is 10.3. The van der Waals surface area contributed by atoms with Crippen LogP contribution in [0.15, 0.2) is 174 Å². The Morgan fingerprint density at radius 1 is 0.367 bits per heavy atom. The average Bonchev–Trinajstić information content (AvgIpc) is 3.84. The van der Waals surface area contributed by atoms with E-state index >= 15 is 0 Å². The fourth-order valence-electron chi connectivity index (χ4n) is 8.05. The van der Waals surface area contributed by atoms with Crippen LogP contribution < -0.4 is 0 Å². The average molecular weight is 625 g/mol. The second kappa shape index (κ2) is 9.96. The summed E-state index contributed by atoms with van der Waals surface area (Å²) in [6.45, 7) is 0. The second-order valence-electron chi connectivity index (χ2n) is 13.0. The Kier molecular flexibility index (Phi) is 5.38. The van der Waals surface area contributed by atoms with Crippen LogP contribution in [0.4, 0.5) is 0 Å². The molecule has 0 amide bonds. The van der Waals surface area contributed by atoms with Crippen LogP contribution in [0.5, 0.6) is 0 Å². The van der Waals surface area contributed by atoms with Crippen molar-refractivity contribution < 1.29 is 4.42 Å². The summed E-state index contributed by atoms with van der Waals surface area (Å²) in [6, 6.07) is 59.2. The number of hydrogen-bond acceptors (Lipinski definition) is 1. The molecule has 11 aromatic rings. The molecule has 0 N–H and O–H groups in total. The molecule has 0 bridgehead atoms. The van der Waals surface area contributed by atoms with Crippen molar-refractivity contribution in [3.05, 3.63) is 170 Å². The molecular weight excluding hydrogens is 597 g/mol. The minimum Gasteiger partial charge on any atom is -0.456 e. The lowest BCUT2D eigenvalue weighted by atomic mass is 9.91. The molecule has 0 unspecified atom stereocenters. The summed E-state index contributed by atoms with van der Waals surface area (Å²) in [4.78, 5) is 0. The van der Waals surface area contributed by atoms with E-state index in [2.05, 4.69) is 173 Å². The van der Waals surface area contributed by atoms with Gasteiger partial charge in [0.25, 0.3) is 0 Å². The molecule has 3 aromatic heterocycles. The van der Waals surface area contributed by atoms with E-state index in [-0.39, 0.29) is 0 Å². The number of fused-ring (bicyclic) bond motifs is 10. The molecule has 3 heterocycles. The smallest absolute Gasteiger partial charge is 0.136 e. The highest BCUT2D eigenvalue weighted by Gasteiger charge is 2.18. The standard InChI is InChI=1S/C46H28N2O/c1-3-11-32(12-4-1)47-22-21-30-24-37-31(26-44(30)47)25-36(38-27-41-35-16-8-10-18-45(35)49-46(41)28-39(37)38)29-19-20-43-40(23-29)34-15-7-9-17-42(34)48(43)33-13-5-2-6-14-33/h1-28H. The number of nitrogens with zero attached hydrogens (tertiary/aromatic N) is 2. The quantitative estimate of drug-likeness (QED) is 0.179. The van der Waals surface area contributed by atoms with Gasteiger partial charge in [-0.25, -0.2) is 0 Å². The maximum atomic E-state index is 6.45. The van der Waals surface area contributed by atoms with Gasteiger partial charge < -0.3 is 13.6 Å².